The van der Waals surface area contributed by atoms with Crippen molar-refractivity contribution >= 4 is 42.1 Å². The number of nitrogens with two attached hydrogens (primary N) is 1. The molecule has 2 unspecified atom stereocenters. The fourth-order valence-corrected chi connectivity index (χ4v) is 6.04. The van der Waals surface area contributed by atoms with Crippen molar-refractivity contribution in [2.45, 2.75) is 25.3 Å². The van der Waals surface area contributed by atoms with Gasteiger partial charge in [-0.2, -0.15) is 0 Å². The highest BCUT2D eigenvalue weighted by Crippen LogP contribution is 2.35. The number of hydrogen-bond donors (Lipinski definition) is 1. The molecule has 2 atom stereocenters. The maximum absolute atomic E-state index is 11.7. The minimum atomic E-state index is -3.07. The Morgan fingerprint density at radius 2 is 2.29 bits per heavy atom. The van der Waals surface area contributed by atoms with Gasteiger partial charge in [0, 0.05) is 33.4 Å². The van der Waals surface area contributed by atoms with Gasteiger partial charge < -0.3 is 5.73 Å². The molecule has 0 aromatic carbocycles. The van der Waals surface area contributed by atoms with Crippen LogP contribution in [0.25, 0.3) is 9.40 Å². The van der Waals surface area contributed by atoms with Gasteiger partial charge in [0.15, 0.2) is 0 Å². The van der Waals surface area contributed by atoms with Crippen LogP contribution in [0.5, 0.6) is 0 Å². The van der Waals surface area contributed by atoms with Crippen LogP contribution in [0.1, 0.15) is 30.2 Å². The maximum atomic E-state index is 11.7. The van der Waals surface area contributed by atoms with E-state index >= 15 is 0 Å². The maximum Gasteiger partial charge on any atom is 0.211 e. The van der Waals surface area contributed by atoms with Crippen molar-refractivity contribution in [1.82, 2.24) is 4.31 Å². The van der Waals surface area contributed by atoms with Crippen molar-refractivity contribution in [2.24, 2.45) is 11.7 Å². The van der Waals surface area contributed by atoms with Gasteiger partial charge in [0.25, 0.3) is 0 Å². The van der Waals surface area contributed by atoms with E-state index in [0.717, 1.165) is 19.3 Å². The minimum absolute atomic E-state index is 0.0131. The molecule has 2 N–H and O–H groups in total. The topological polar surface area (TPSA) is 63.4 Å². The summed E-state index contributed by atoms with van der Waals surface area (Å²) in [7, 11) is -3.07. The Bertz CT molecular complexity index is 691. The zero-order valence-electron chi connectivity index (χ0n) is 12.0. The van der Waals surface area contributed by atoms with Crippen LogP contribution in [0.3, 0.4) is 0 Å². The molecule has 3 heterocycles. The third-order valence-corrected chi connectivity index (χ3v) is 7.56. The molecule has 0 aliphatic carbocycles. The van der Waals surface area contributed by atoms with Gasteiger partial charge in [0.05, 0.1) is 6.26 Å². The predicted octanol–water partition coefficient (Wildman–Crippen LogP) is 3.02. The van der Waals surface area contributed by atoms with Gasteiger partial charge in [-0.3, -0.25) is 0 Å². The molecule has 1 aliphatic heterocycles. The van der Waals surface area contributed by atoms with Gasteiger partial charge in [-0.05, 0) is 42.7 Å². The summed E-state index contributed by atoms with van der Waals surface area (Å²) in [6.45, 7) is 1.27. The molecule has 0 spiro atoms. The molecular weight excluding hydrogens is 324 g/mol. The van der Waals surface area contributed by atoms with E-state index in [-0.39, 0.29) is 6.04 Å². The van der Waals surface area contributed by atoms with E-state index in [1.54, 1.807) is 27.0 Å². The summed E-state index contributed by atoms with van der Waals surface area (Å²) in [5.41, 5.74) is 6.35. The van der Waals surface area contributed by atoms with Gasteiger partial charge in [-0.1, -0.05) is 0 Å². The molecular formula is C14H20N2O2S3. The van der Waals surface area contributed by atoms with E-state index in [1.165, 1.54) is 20.5 Å². The Morgan fingerprint density at radius 3 is 3.00 bits per heavy atom. The Labute approximate surface area is 133 Å². The zero-order valence-corrected chi connectivity index (χ0v) is 14.4. The van der Waals surface area contributed by atoms with Crippen molar-refractivity contribution in [3.8, 4) is 0 Å². The summed E-state index contributed by atoms with van der Waals surface area (Å²) < 4.78 is 27.5. The molecule has 1 fully saturated rings. The van der Waals surface area contributed by atoms with Gasteiger partial charge in [0.1, 0.15) is 0 Å². The molecule has 1 saturated heterocycles. The molecule has 4 nitrogen and oxygen atoms in total. The first kappa shape index (κ1) is 15.4. The standard InChI is InChI=1S/C14H20N2O2S3/c1-21(17,18)16-5-2-3-10(9-16)7-11(15)13-8-14-12(20-13)4-6-19-14/h4,6,8,10-11H,2-3,5,7,9,15H2,1H3. The highest BCUT2D eigenvalue weighted by Gasteiger charge is 2.27. The van der Waals surface area contributed by atoms with Crippen LogP contribution in [0.2, 0.25) is 0 Å². The van der Waals surface area contributed by atoms with Crippen LogP contribution in [-0.4, -0.2) is 32.1 Å². The normalized spacial score (nSPS) is 22.7. The van der Waals surface area contributed by atoms with E-state index in [1.807, 2.05) is 0 Å². The molecule has 2 aromatic heterocycles. The van der Waals surface area contributed by atoms with E-state index in [2.05, 4.69) is 17.5 Å². The molecule has 0 bridgehead atoms. The number of piperidine rings is 1. The lowest BCUT2D eigenvalue weighted by Crippen LogP contribution is -2.40. The lowest BCUT2D eigenvalue weighted by atomic mass is 9.92. The molecule has 7 heteroatoms. The number of rotatable bonds is 4. The smallest absolute Gasteiger partial charge is 0.211 e. The monoisotopic (exact) mass is 344 g/mol. The molecule has 0 amide bonds. The van der Waals surface area contributed by atoms with Crippen molar-refractivity contribution in [2.75, 3.05) is 19.3 Å². The minimum Gasteiger partial charge on any atom is -0.323 e. The number of thiophene rings is 2. The van der Waals surface area contributed by atoms with E-state index < -0.39 is 10.0 Å². The Morgan fingerprint density at radius 1 is 1.48 bits per heavy atom. The fourth-order valence-electron chi connectivity index (χ4n) is 2.96. The van der Waals surface area contributed by atoms with Crippen LogP contribution in [-0.2, 0) is 10.0 Å². The van der Waals surface area contributed by atoms with E-state index in [4.69, 9.17) is 5.73 Å². The van der Waals surface area contributed by atoms with Gasteiger partial charge in [-0.25, -0.2) is 12.7 Å². The van der Waals surface area contributed by atoms with Crippen LogP contribution < -0.4 is 5.73 Å². The lowest BCUT2D eigenvalue weighted by molar-refractivity contribution is 0.247. The summed E-state index contributed by atoms with van der Waals surface area (Å²) in [6.07, 6.45) is 4.16. The molecule has 0 radical (unpaired) electrons. The first-order chi connectivity index (χ1) is 9.93. The predicted molar refractivity (Wildman–Crippen MR) is 90.4 cm³/mol. The summed E-state index contributed by atoms with van der Waals surface area (Å²) in [5.74, 6) is 0.364. The number of hydrogen-bond acceptors (Lipinski definition) is 5. The number of nitrogens with zero attached hydrogens (tertiary/aromatic N) is 1. The third-order valence-electron chi connectivity index (χ3n) is 4.06. The summed E-state index contributed by atoms with van der Waals surface area (Å²) in [6, 6.07) is 4.33. The van der Waals surface area contributed by atoms with Crippen LogP contribution >= 0.6 is 22.7 Å². The molecule has 3 rings (SSSR count). The van der Waals surface area contributed by atoms with Crippen molar-refractivity contribution < 1.29 is 8.42 Å². The van der Waals surface area contributed by atoms with Crippen molar-refractivity contribution in [3.05, 3.63) is 22.4 Å². The second-order valence-electron chi connectivity index (χ2n) is 5.77. The average molecular weight is 345 g/mol. The quantitative estimate of drug-likeness (QED) is 0.927. The Hall–Kier alpha value is -0.470. The molecule has 21 heavy (non-hydrogen) atoms. The number of sulfonamides is 1. The molecule has 2 aromatic rings. The Balaban J connectivity index is 1.66. The third kappa shape index (κ3) is 3.48. The lowest BCUT2D eigenvalue weighted by Gasteiger charge is -2.32. The highest BCUT2D eigenvalue weighted by molar-refractivity contribution is 7.88. The van der Waals surface area contributed by atoms with Crippen LogP contribution in [0, 0.1) is 5.92 Å². The summed E-state index contributed by atoms with van der Waals surface area (Å²) in [5, 5.41) is 2.10. The van der Waals surface area contributed by atoms with E-state index in [0.29, 0.717) is 19.0 Å². The average Bonchev–Trinajstić information content (AvgIpc) is 2.98. The first-order valence-electron chi connectivity index (χ1n) is 7.11. The molecule has 1 aliphatic rings. The van der Waals surface area contributed by atoms with Crippen molar-refractivity contribution in [1.29, 1.82) is 0 Å². The fraction of sp³-hybridized carbons (Fsp3) is 0.571. The van der Waals surface area contributed by atoms with Crippen molar-refractivity contribution in [3.63, 3.8) is 0 Å². The molecule has 116 valence electrons. The van der Waals surface area contributed by atoms with Crippen LogP contribution in [0.15, 0.2) is 17.5 Å². The second kappa shape index (κ2) is 5.96. The summed E-state index contributed by atoms with van der Waals surface area (Å²) >= 11 is 3.50. The first-order valence-corrected chi connectivity index (χ1v) is 10.7. The summed E-state index contributed by atoms with van der Waals surface area (Å²) in [4.78, 5) is 1.22. The van der Waals surface area contributed by atoms with Crippen LogP contribution in [0.4, 0.5) is 0 Å². The van der Waals surface area contributed by atoms with E-state index in [9.17, 15) is 8.42 Å². The largest absolute Gasteiger partial charge is 0.323 e. The molecule has 0 saturated carbocycles. The van der Waals surface area contributed by atoms with Gasteiger partial charge in [0.2, 0.25) is 10.0 Å². The SMILES string of the molecule is CS(=O)(=O)N1CCCC(CC(N)c2cc3sccc3s2)C1. The number of fused-ring (bicyclic) bond motifs is 1. The van der Waals surface area contributed by atoms with Gasteiger partial charge >= 0.3 is 0 Å². The zero-order chi connectivity index (χ0) is 15.0. The van der Waals surface area contributed by atoms with Gasteiger partial charge in [-0.15, -0.1) is 22.7 Å². The second-order valence-corrected chi connectivity index (χ2v) is 9.81. The highest BCUT2D eigenvalue weighted by atomic mass is 32.2. The Kier molecular flexibility index (Phi) is 4.38.